The van der Waals surface area contributed by atoms with Crippen LogP contribution in [0.5, 0.6) is 0 Å². The third kappa shape index (κ3) is 4.57. The summed E-state index contributed by atoms with van der Waals surface area (Å²) in [6, 6.07) is 12.6. The van der Waals surface area contributed by atoms with Gasteiger partial charge in [-0.3, -0.25) is 4.79 Å². The van der Waals surface area contributed by atoms with Crippen LogP contribution in [-0.4, -0.2) is 61.0 Å². The molecule has 0 bridgehead atoms. The van der Waals surface area contributed by atoms with Crippen molar-refractivity contribution in [1.82, 2.24) is 20.2 Å². The fourth-order valence-electron chi connectivity index (χ4n) is 3.74. The van der Waals surface area contributed by atoms with Crippen LogP contribution in [0, 0.1) is 5.92 Å². The minimum atomic E-state index is 0.0908. The van der Waals surface area contributed by atoms with Gasteiger partial charge in [0.25, 0.3) is 0 Å². The van der Waals surface area contributed by atoms with Gasteiger partial charge in [0.15, 0.2) is 0 Å². The Morgan fingerprint density at radius 1 is 1.21 bits per heavy atom. The highest BCUT2D eigenvalue weighted by molar-refractivity contribution is 7.21. The van der Waals surface area contributed by atoms with Gasteiger partial charge in [-0.1, -0.05) is 30.3 Å². The number of fused-ring (bicyclic) bond motifs is 1. The zero-order valence-electron chi connectivity index (χ0n) is 17.0. The largest absolute Gasteiger partial charge is 0.356 e. The van der Waals surface area contributed by atoms with Gasteiger partial charge in [0.05, 0.1) is 5.39 Å². The van der Waals surface area contributed by atoms with Crippen LogP contribution >= 0.6 is 11.3 Å². The first kappa shape index (κ1) is 19.8. The Balaban J connectivity index is 1.45. The van der Waals surface area contributed by atoms with Crippen molar-refractivity contribution in [2.45, 2.75) is 12.8 Å². The summed E-state index contributed by atoms with van der Waals surface area (Å²) >= 11 is 1.70. The quantitative estimate of drug-likeness (QED) is 0.677. The van der Waals surface area contributed by atoms with Gasteiger partial charge in [-0.2, -0.15) is 0 Å². The Morgan fingerprint density at radius 3 is 2.69 bits per heavy atom. The number of thiophene rings is 1. The predicted octanol–water partition coefficient (Wildman–Crippen LogP) is 3.25. The Labute approximate surface area is 175 Å². The summed E-state index contributed by atoms with van der Waals surface area (Å²) in [7, 11) is 4.03. The molecule has 3 aromatic rings. The molecular weight excluding hydrogens is 382 g/mol. The van der Waals surface area contributed by atoms with Crippen molar-refractivity contribution in [2.75, 3.05) is 45.2 Å². The molecule has 0 unspecified atom stereocenters. The lowest BCUT2D eigenvalue weighted by molar-refractivity contribution is -0.125. The van der Waals surface area contributed by atoms with E-state index in [-0.39, 0.29) is 11.8 Å². The van der Waals surface area contributed by atoms with Crippen LogP contribution in [0.1, 0.15) is 12.8 Å². The maximum Gasteiger partial charge on any atom is 0.223 e. The summed E-state index contributed by atoms with van der Waals surface area (Å²) in [5.41, 5.74) is 1.20. The third-order valence-corrected chi connectivity index (χ3v) is 6.48. The highest BCUT2D eigenvalue weighted by Gasteiger charge is 2.26. The first-order chi connectivity index (χ1) is 14.1. The Kier molecular flexibility index (Phi) is 6.06. The molecule has 0 radical (unpaired) electrons. The fraction of sp³-hybridized carbons (Fsp3) is 0.409. The number of rotatable bonds is 6. The number of nitrogens with one attached hydrogen (secondary N) is 1. The second-order valence-electron chi connectivity index (χ2n) is 7.75. The normalized spacial score (nSPS) is 15.2. The number of benzene rings is 1. The lowest BCUT2D eigenvalue weighted by atomic mass is 9.96. The van der Waals surface area contributed by atoms with Crippen molar-refractivity contribution < 1.29 is 4.79 Å². The van der Waals surface area contributed by atoms with E-state index in [4.69, 9.17) is 0 Å². The van der Waals surface area contributed by atoms with E-state index in [1.165, 1.54) is 10.4 Å². The molecule has 0 saturated carbocycles. The van der Waals surface area contributed by atoms with Crippen LogP contribution in [0.25, 0.3) is 20.7 Å². The van der Waals surface area contributed by atoms with Gasteiger partial charge < -0.3 is 15.1 Å². The van der Waals surface area contributed by atoms with Crippen molar-refractivity contribution in [3.63, 3.8) is 0 Å². The van der Waals surface area contributed by atoms with E-state index >= 15 is 0 Å². The Morgan fingerprint density at radius 2 is 1.97 bits per heavy atom. The van der Waals surface area contributed by atoms with Crippen LogP contribution in [0.4, 0.5) is 5.82 Å². The van der Waals surface area contributed by atoms with E-state index in [0.717, 1.165) is 48.5 Å². The highest BCUT2D eigenvalue weighted by atomic mass is 32.1. The molecule has 3 heterocycles. The van der Waals surface area contributed by atoms with E-state index < -0.39 is 0 Å². The SMILES string of the molecule is CN(C)CCNC(=O)C1CCN(c2ncnc3sc(-c4ccccc4)cc23)CC1. The minimum absolute atomic E-state index is 0.0908. The highest BCUT2D eigenvalue weighted by Crippen LogP contribution is 2.36. The van der Waals surface area contributed by atoms with Gasteiger partial charge in [-0.25, -0.2) is 9.97 Å². The van der Waals surface area contributed by atoms with Crippen LogP contribution in [-0.2, 0) is 4.79 Å². The summed E-state index contributed by atoms with van der Waals surface area (Å²) in [5, 5.41) is 4.17. The molecule has 152 valence electrons. The van der Waals surface area contributed by atoms with Crippen LogP contribution < -0.4 is 10.2 Å². The van der Waals surface area contributed by atoms with Crippen molar-refractivity contribution >= 4 is 33.3 Å². The number of likely N-dealkylation sites (N-methyl/N-ethyl adjacent to an activating group) is 1. The first-order valence-electron chi connectivity index (χ1n) is 10.1. The molecule has 1 aliphatic heterocycles. The maximum atomic E-state index is 12.4. The van der Waals surface area contributed by atoms with Crippen molar-refractivity contribution in [1.29, 1.82) is 0 Å². The van der Waals surface area contributed by atoms with Gasteiger partial charge in [-0.15, -0.1) is 11.3 Å². The van der Waals surface area contributed by atoms with Crippen molar-refractivity contribution in [3.05, 3.63) is 42.7 Å². The number of aromatic nitrogens is 2. The molecule has 1 amide bonds. The maximum absolute atomic E-state index is 12.4. The smallest absolute Gasteiger partial charge is 0.223 e. The molecule has 2 aromatic heterocycles. The van der Waals surface area contributed by atoms with E-state index in [2.05, 4.69) is 55.4 Å². The van der Waals surface area contributed by atoms with E-state index in [9.17, 15) is 4.79 Å². The number of carbonyl (C=O) groups is 1. The molecule has 0 aliphatic carbocycles. The van der Waals surface area contributed by atoms with Crippen molar-refractivity contribution in [2.24, 2.45) is 5.92 Å². The monoisotopic (exact) mass is 409 g/mol. The second-order valence-corrected chi connectivity index (χ2v) is 8.78. The Hall–Kier alpha value is -2.51. The predicted molar refractivity (Wildman–Crippen MR) is 119 cm³/mol. The van der Waals surface area contributed by atoms with Gasteiger partial charge in [0.1, 0.15) is 17.0 Å². The van der Waals surface area contributed by atoms with Crippen LogP contribution in [0.2, 0.25) is 0 Å². The number of hydrogen-bond donors (Lipinski definition) is 1. The number of carbonyl (C=O) groups excluding carboxylic acids is 1. The molecule has 1 N–H and O–H groups in total. The van der Waals surface area contributed by atoms with Crippen LogP contribution in [0.15, 0.2) is 42.7 Å². The molecule has 1 aromatic carbocycles. The molecule has 1 aliphatic rings. The zero-order chi connectivity index (χ0) is 20.2. The average molecular weight is 410 g/mol. The summed E-state index contributed by atoms with van der Waals surface area (Å²) < 4.78 is 0. The summed E-state index contributed by atoms with van der Waals surface area (Å²) in [4.78, 5) is 28.1. The summed E-state index contributed by atoms with van der Waals surface area (Å²) in [6.45, 7) is 3.25. The van der Waals surface area contributed by atoms with Gasteiger partial charge >= 0.3 is 0 Å². The lowest BCUT2D eigenvalue weighted by Crippen LogP contribution is -2.42. The standard InChI is InChI=1S/C22H27N5OS/c1-26(2)13-10-23-21(28)17-8-11-27(12-9-17)20-18-14-19(16-6-4-3-5-7-16)29-22(18)25-15-24-20/h3-7,14-15,17H,8-13H2,1-2H3,(H,23,28). The van der Waals surface area contributed by atoms with Gasteiger partial charge in [0.2, 0.25) is 5.91 Å². The number of piperidine rings is 1. The average Bonchev–Trinajstić information content (AvgIpc) is 3.19. The number of anilines is 1. The third-order valence-electron chi connectivity index (χ3n) is 5.39. The van der Waals surface area contributed by atoms with Crippen molar-refractivity contribution in [3.8, 4) is 10.4 Å². The molecule has 0 atom stereocenters. The number of hydrogen-bond acceptors (Lipinski definition) is 6. The molecule has 7 heteroatoms. The van der Waals surface area contributed by atoms with Crippen LogP contribution in [0.3, 0.4) is 0 Å². The molecule has 29 heavy (non-hydrogen) atoms. The van der Waals surface area contributed by atoms with E-state index in [1.807, 2.05) is 20.2 Å². The summed E-state index contributed by atoms with van der Waals surface area (Å²) in [6.07, 6.45) is 3.37. The molecule has 6 nitrogen and oxygen atoms in total. The lowest BCUT2D eigenvalue weighted by Gasteiger charge is -2.32. The van der Waals surface area contributed by atoms with E-state index in [1.54, 1.807) is 17.7 Å². The zero-order valence-corrected chi connectivity index (χ0v) is 17.8. The first-order valence-corrected chi connectivity index (χ1v) is 10.9. The molecular formula is C22H27N5OS. The molecule has 0 spiro atoms. The fourth-order valence-corrected chi connectivity index (χ4v) is 4.74. The molecule has 1 saturated heterocycles. The number of amides is 1. The topological polar surface area (TPSA) is 61.4 Å². The second kappa shape index (κ2) is 8.88. The van der Waals surface area contributed by atoms with E-state index in [0.29, 0.717) is 6.54 Å². The number of nitrogens with zero attached hydrogens (tertiary/aromatic N) is 4. The minimum Gasteiger partial charge on any atom is -0.356 e. The van der Waals surface area contributed by atoms with Gasteiger partial charge in [0, 0.05) is 37.0 Å². The Bertz CT molecular complexity index is 964. The molecule has 1 fully saturated rings. The summed E-state index contributed by atoms with van der Waals surface area (Å²) in [5.74, 6) is 1.26. The van der Waals surface area contributed by atoms with Gasteiger partial charge in [-0.05, 0) is 38.6 Å². The molecule has 4 rings (SSSR count).